The second kappa shape index (κ2) is 12.8. The Kier molecular flexibility index (Phi) is 9.24. The first-order valence-electron chi connectivity index (χ1n) is 11.7. The highest BCUT2D eigenvalue weighted by Crippen LogP contribution is 2.35. The minimum atomic E-state index is -0.662. The van der Waals surface area contributed by atoms with Gasteiger partial charge in [0.1, 0.15) is 24.2 Å². The molecular weight excluding hydrogens is 558 g/mol. The number of phenolic OH excluding ortho intramolecular Hbond substituents is 1. The van der Waals surface area contributed by atoms with E-state index in [1.54, 1.807) is 12.1 Å². The van der Waals surface area contributed by atoms with Crippen molar-refractivity contribution in [1.82, 2.24) is 10.3 Å². The number of nitrogens with one attached hydrogen (secondary N) is 2. The number of anilines is 2. The zero-order valence-electron chi connectivity index (χ0n) is 19.9. The normalized spacial score (nSPS) is 11.8. The Bertz CT molecular complexity index is 1320. The number of hydrogen-bond donors (Lipinski definition) is 5. The van der Waals surface area contributed by atoms with Gasteiger partial charge in [-0.3, -0.25) is 9.78 Å². The minimum absolute atomic E-state index is 0.145. The topological polar surface area (TPSA) is 118 Å². The van der Waals surface area contributed by atoms with Crippen LogP contribution in [0.1, 0.15) is 11.1 Å². The number of nitrogens with zero attached hydrogens (tertiary/aromatic N) is 1. The van der Waals surface area contributed by atoms with E-state index in [-0.39, 0.29) is 23.1 Å². The SMILES string of the molecule is O=c1[nH]c(O)c(N(Cc2ccc(Br)cc2)c2ccc(CCNC[C@H](O)COc3ccc(O)cc3)cc2)s1. The van der Waals surface area contributed by atoms with Crippen molar-refractivity contribution < 1.29 is 20.1 Å². The molecule has 0 aliphatic rings. The number of hydrogen-bond acceptors (Lipinski definition) is 8. The van der Waals surface area contributed by atoms with Gasteiger partial charge in [-0.2, -0.15) is 0 Å². The summed E-state index contributed by atoms with van der Waals surface area (Å²) in [7, 11) is 0. The zero-order valence-corrected chi connectivity index (χ0v) is 22.3. The standard InChI is InChI=1S/C27H28BrN3O5S/c28-20-5-1-19(2-6-20)16-31(26-25(34)30-27(35)37-26)21-7-3-18(4-8-21)13-14-29-15-23(33)17-36-24-11-9-22(32)10-12-24/h1-12,23,29,32-34H,13-17H2,(H,30,35)/t23-/m0/s1. The summed E-state index contributed by atoms with van der Waals surface area (Å²) >= 11 is 4.41. The van der Waals surface area contributed by atoms with E-state index in [1.807, 2.05) is 53.4 Å². The Morgan fingerprint density at radius 1 is 0.973 bits per heavy atom. The highest BCUT2D eigenvalue weighted by molar-refractivity contribution is 9.10. The number of phenols is 1. The minimum Gasteiger partial charge on any atom is -0.508 e. The summed E-state index contributed by atoms with van der Waals surface area (Å²) in [6.07, 6.45) is 0.103. The number of rotatable bonds is 12. The molecule has 1 atom stereocenters. The van der Waals surface area contributed by atoms with Gasteiger partial charge in [0, 0.05) is 23.2 Å². The molecule has 0 aliphatic carbocycles. The molecule has 8 nitrogen and oxygen atoms in total. The number of benzene rings is 3. The Balaban J connectivity index is 1.31. The van der Waals surface area contributed by atoms with Crippen LogP contribution in [0.5, 0.6) is 17.4 Å². The van der Waals surface area contributed by atoms with Gasteiger partial charge in [0.25, 0.3) is 0 Å². The first-order chi connectivity index (χ1) is 17.9. The third-order valence-electron chi connectivity index (χ3n) is 5.61. The van der Waals surface area contributed by atoms with Crippen LogP contribution >= 0.6 is 27.3 Å². The van der Waals surface area contributed by atoms with Crippen LogP contribution in [0.25, 0.3) is 0 Å². The van der Waals surface area contributed by atoms with Gasteiger partial charge in [0.2, 0.25) is 5.88 Å². The molecule has 37 heavy (non-hydrogen) atoms. The average molecular weight is 587 g/mol. The Labute approximate surface area is 226 Å². The molecule has 0 saturated heterocycles. The highest BCUT2D eigenvalue weighted by Gasteiger charge is 2.18. The lowest BCUT2D eigenvalue weighted by atomic mass is 10.1. The van der Waals surface area contributed by atoms with Crippen LogP contribution in [-0.2, 0) is 13.0 Å². The molecule has 0 unspecified atom stereocenters. The Hall–Kier alpha value is -3.31. The van der Waals surface area contributed by atoms with E-state index in [2.05, 4.69) is 26.2 Å². The molecule has 194 valence electrons. The number of aromatic nitrogens is 1. The summed E-state index contributed by atoms with van der Waals surface area (Å²) in [4.78, 5) is 15.9. The van der Waals surface area contributed by atoms with Crippen LogP contribution in [0.2, 0.25) is 0 Å². The van der Waals surface area contributed by atoms with Crippen molar-refractivity contribution in [1.29, 1.82) is 0 Å². The van der Waals surface area contributed by atoms with E-state index in [0.717, 1.165) is 39.0 Å². The van der Waals surface area contributed by atoms with Gasteiger partial charge in [0.15, 0.2) is 5.00 Å². The summed E-state index contributed by atoms with van der Waals surface area (Å²) in [6.45, 7) is 1.71. The Morgan fingerprint density at radius 3 is 2.30 bits per heavy atom. The number of H-pyrrole nitrogens is 1. The van der Waals surface area contributed by atoms with Crippen molar-refractivity contribution in [3.05, 3.63) is 98.1 Å². The summed E-state index contributed by atoms with van der Waals surface area (Å²) < 4.78 is 6.50. The highest BCUT2D eigenvalue weighted by atomic mass is 79.9. The fourth-order valence-corrected chi connectivity index (χ4v) is 4.70. The number of aliphatic hydroxyl groups is 1. The van der Waals surface area contributed by atoms with E-state index in [9.17, 15) is 20.1 Å². The number of aliphatic hydroxyl groups excluding tert-OH is 1. The fraction of sp³-hybridized carbons (Fsp3) is 0.222. The quantitative estimate of drug-likeness (QED) is 0.155. The van der Waals surface area contributed by atoms with E-state index in [1.165, 1.54) is 12.1 Å². The van der Waals surface area contributed by atoms with Crippen LogP contribution in [0.15, 0.2) is 82.1 Å². The maximum absolute atomic E-state index is 11.8. The predicted octanol–water partition coefficient (Wildman–Crippen LogP) is 4.52. The summed E-state index contributed by atoms with van der Waals surface area (Å²) in [5, 5.41) is 33.4. The molecule has 10 heteroatoms. The molecule has 1 aromatic heterocycles. The van der Waals surface area contributed by atoms with Gasteiger partial charge in [-0.05, 0) is 72.6 Å². The van der Waals surface area contributed by atoms with Crippen LogP contribution in [0, 0.1) is 0 Å². The maximum atomic E-state index is 11.8. The van der Waals surface area contributed by atoms with Gasteiger partial charge >= 0.3 is 4.87 Å². The zero-order chi connectivity index (χ0) is 26.2. The van der Waals surface area contributed by atoms with Crippen molar-refractivity contribution >= 4 is 38.0 Å². The van der Waals surface area contributed by atoms with Crippen molar-refractivity contribution in [2.75, 3.05) is 24.6 Å². The van der Waals surface area contributed by atoms with Crippen molar-refractivity contribution in [2.24, 2.45) is 0 Å². The predicted molar refractivity (Wildman–Crippen MR) is 149 cm³/mol. The first kappa shape index (κ1) is 26.7. The number of aromatic hydroxyl groups is 2. The molecule has 0 spiro atoms. The molecule has 0 saturated carbocycles. The lowest BCUT2D eigenvalue weighted by molar-refractivity contribution is 0.106. The monoisotopic (exact) mass is 585 g/mol. The van der Waals surface area contributed by atoms with Crippen LogP contribution in [0.4, 0.5) is 10.7 Å². The van der Waals surface area contributed by atoms with Gasteiger partial charge in [-0.1, -0.05) is 51.5 Å². The molecule has 0 aliphatic heterocycles. The molecule has 4 rings (SSSR count). The second-order valence-corrected chi connectivity index (χ2v) is 10.3. The van der Waals surface area contributed by atoms with Gasteiger partial charge in [-0.15, -0.1) is 0 Å². The third-order valence-corrected chi connectivity index (χ3v) is 7.03. The lowest BCUT2D eigenvalue weighted by Gasteiger charge is -2.23. The van der Waals surface area contributed by atoms with E-state index in [4.69, 9.17) is 4.74 Å². The summed E-state index contributed by atoms with van der Waals surface area (Å²) in [5.74, 6) is 0.611. The molecule has 0 radical (unpaired) electrons. The fourth-order valence-electron chi connectivity index (χ4n) is 3.69. The smallest absolute Gasteiger partial charge is 0.309 e. The third kappa shape index (κ3) is 7.83. The Morgan fingerprint density at radius 2 is 1.65 bits per heavy atom. The molecular formula is C27H28BrN3O5S. The van der Waals surface area contributed by atoms with E-state index < -0.39 is 6.10 Å². The van der Waals surface area contributed by atoms with Crippen LogP contribution < -0.4 is 19.8 Å². The van der Waals surface area contributed by atoms with E-state index in [0.29, 0.717) is 30.4 Å². The van der Waals surface area contributed by atoms with Crippen molar-refractivity contribution in [2.45, 2.75) is 19.1 Å². The number of halogens is 1. The van der Waals surface area contributed by atoms with Gasteiger partial charge < -0.3 is 30.3 Å². The lowest BCUT2D eigenvalue weighted by Crippen LogP contribution is -2.32. The number of ether oxygens (including phenoxy) is 1. The molecule has 0 bridgehead atoms. The van der Waals surface area contributed by atoms with Crippen LogP contribution in [-0.4, -0.2) is 46.1 Å². The number of thiazole rings is 1. The first-order valence-corrected chi connectivity index (χ1v) is 13.3. The summed E-state index contributed by atoms with van der Waals surface area (Å²) in [5.41, 5.74) is 3.00. The summed E-state index contributed by atoms with van der Waals surface area (Å²) in [6, 6.07) is 22.2. The largest absolute Gasteiger partial charge is 0.508 e. The molecule has 3 aromatic carbocycles. The maximum Gasteiger partial charge on any atom is 0.309 e. The average Bonchev–Trinajstić information content (AvgIpc) is 3.23. The van der Waals surface area contributed by atoms with E-state index >= 15 is 0 Å². The van der Waals surface area contributed by atoms with Crippen LogP contribution in [0.3, 0.4) is 0 Å². The molecule has 5 N–H and O–H groups in total. The molecule has 0 fully saturated rings. The molecule has 0 amide bonds. The number of aromatic amines is 1. The second-order valence-electron chi connectivity index (χ2n) is 8.46. The van der Waals surface area contributed by atoms with Gasteiger partial charge in [0.05, 0.1) is 0 Å². The van der Waals surface area contributed by atoms with Crippen molar-refractivity contribution in [3.8, 4) is 17.4 Å². The molecule has 1 heterocycles. The van der Waals surface area contributed by atoms with Gasteiger partial charge in [-0.25, -0.2) is 0 Å². The van der Waals surface area contributed by atoms with Crippen molar-refractivity contribution in [3.63, 3.8) is 0 Å². The molecule has 4 aromatic rings.